The van der Waals surface area contributed by atoms with Gasteiger partial charge in [0.1, 0.15) is 0 Å². The summed E-state index contributed by atoms with van der Waals surface area (Å²) in [5.74, 6) is 0.862. The first-order valence-corrected chi connectivity index (χ1v) is 8.66. The zero-order valence-electron chi connectivity index (χ0n) is 11.8. The van der Waals surface area contributed by atoms with E-state index in [2.05, 4.69) is 34.7 Å². The highest BCUT2D eigenvalue weighted by Crippen LogP contribution is 2.25. The van der Waals surface area contributed by atoms with Crippen LogP contribution in [0.4, 0.5) is 0 Å². The van der Waals surface area contributed by atoms with Crippen molar-refractivity contribution in [2.24, 2.45) is 5.92 Å². The number of nitrogens with zero attached hydrogens (tertiary/aromatic N) is 1. The predicted octanol–water partition coefficient (Wildman–Crippen LogP) is 2.77. The second kappa shape index (κ2) is 6.29. The minimum absolute atomic E-state index is 0.862. The lowest BCUT2D eigenvalue weighted by atomic mass is 9.95. The monoisotopic (exact) mass is 276 g/mol. The lowest BCUT2D eigenvalue weighted by molar-refractivity contribution is 0.194. The normalized spacial score (nSPS) is 24.2. The number of piperidine rings is 1. The Bertz CT molecular complexity index is 427. The van der Waals surface area contributed by atoms with Crippen LogP contribution in [0.5, 0.6) is 0 Å². The Morgan fingerprint density at radius 3 is 3.11 bits per heavy atom. The van der Waals surface area contributed by atoms with Gasteiger partial charge in [-0.25, -0.2) is 0 Å². The Labute approximate surface area is 121 Å². The maximum absolute atomic E-state index is 3.53. The highest BCUT2D eigenvalue weighted by atomic mass is 32.2. The van der Waals surface area contributed by atoms with Gasteiger partial charge in [-0.1, -0.05) is 6.07 Å². The number of fused-ring (bicyclic) bond motifs is 1. The molecule has 1 aromatic carbocycles. The Balaban J connectivity index is 1.61. The van der Waals surface area contributed by atoms with Gasteiger partial charge in [-0.05, 0) is 67.8 Å². The summed E-state index contributed by atoms with van der Waals surface area (Å²) in [7, 11) is 0. The molecule has 1 fully saturated rings. The zero-order chi connectivity index (χ0) is 13.1. The zero-order valence-corrected chi connectivity index (χ0v) is 12.6. The molecule has 104 valence electrons. The van der Waals surface area contributed by atoms with Gasteiger partial charge in [0, 0.05) is 24.5 Å². The van der Waals surface area contributed by atoms with E-state index in [-0.39, 0.29) is 0 Å². The SMILES string of the molecule is CSc1ccc2c(c1)CCN(C[C@@H]1CCCNC1)C2. The van der Waals surface area contributed by atoms with E-state index in [1.807, 2.05) is 11.8 Å². The number of hydrogen-bond donors (Lipinski definition) is 1. The average Bonchev–Trinajstić information content (AvgIpc) is 2.48. The number of nitrogens with one attached hydrogen (secondary N) is 1. The van der Waals surface area contributed by atoms with Gasteiger partial charge in [0.05, 0.1) is 0 Å². The maximum Gasteiger partial charge on any atom is 0.0236 e. The number of rotatable bonds is 3. The van der Waals surface area contributed by atoms with Crippen LogP contribution in [0, 0.1) is 5.92 Å². The van der Waals surface area contributed by atoms with Crippen LogP contribution in [-0.4, -0.2) is 37.3 Å². The van der Waals surface area contributed by atoms with Crippen LogP contribution in [0.2, 0.25) is 0 Å². The standard InChI is InChI=1S/C16H24N2S/c1-19-16-5-4-15-12-18(8-6-14(15)9-16)11-13-3-2-7-17-10-13/h4-5,9,13,17H,2-3,6-8,10-12H2,1H3/t13-/m1/s1. The van der Waals surface area contributed by atoms with Crippen molar-refractivity contribution in [1.82, 2.24) is 10.2 Å². The van der Waals surface area contributed by atoms with Crippen molar-refractivity contribution < 1.29 is 0 Å². The van der Waals surface area contributed by atoms with Gasteiger partial charge in [0.2, 0.25) is 0 Å². The summed E-state index contributed by atoms with van der Waals surface area (Å²) in [6, 6.07) is 7.00. The van der Waals surface area contributed by atoms with Crippen LogP contribution < -0.4 is 5.32 Å². The highest BCUT2D eigenvalue weighted by molar-refractivity contribution is 7.98. The van der Waals surface area contributed by atoms with Gasteiger partial charge in [-0.2, -0.15) is 0 Å². The largest absolute Gasteiger partial charge is 0.316 e. The summed E-state index contributed by atoms with van der Waals surface area (Å²) in [6.45, 7) is 6.10. The third kappa shape index (κ3) is 3.33. The van der Waals surface area contributed by atoms with Gasteiger partial charge in [0.15, 0.2) is 0 Å². The molecule has 1 aromatic rings. The molecule has 0 radical (unpaired) electrons. The third-order valence-corrected chi connectivity index (χ3v) is 5.15. The maximum atomic E-state index is 3.53. The lowest BCUT2D eigenvalue weighted by Gasteiger charge is -2.33. The minimum Gasteiger partial charge on any atom is -0.316 e. The molecule has 1 atom stereocenters. The molecule has 0 bridgehead atoms. The molecule has 19 heavy (non-hydrogen) atoms. The Kier molecular flexibility index (Phi) is 4.46. The van der Waals surface area contributed by atoms with Crippen LogP contribution in [0.25, 0.3) is 0 Å². The average molecular weight is 276 g/mol. The third-order valence-electron chi connectivity index (χ3n) is 4.42. The number of hydrogen-bond acceptors (Lipinski definition) is 3. The van der Waals surface area contributed by atoms with Gasteiger partial charge < -0.3 is 5.32 Å². The fraction of sp³-hybridized carbons (Fsp3) is 0.625. The molecule has 2 heterocycles. The number of benzene rings is 1. The fourth-order valence-electron chi connectivity index (χ4n) is 3.32. The highest BCUT2D eigenvalue weighted by Gasteiger charge is 2.21. The van der Waals surface area contributed by atoms with E-state index in [1.54, 1.807) is 11.1 Å². The van der Waals surface area contributed by atoms with Crippen molar-refractivity contribution in [2.75, 3.05) is 32.4 Å². The van der Waals surface area contributed by atoms with Gasteiger partial charge in [-0.3, -0.25) is 4.90 Å². The number of thioether (sulfide) groups is 1. The fourth-order valence-corrected chi connectivity index (χ4v) is 3.78. The van der Waals surface area contributed by atoms with E-state index < -0.39 is 0 Å². The minimum atomic E-state index is 0.862. The van der Waals surface area contributed by atoms with Crippen molar-refractivity contribution >= 4 is 11.8 Å². The molecule has 3 heteroatoms. The quantitative estimate of drug-likeness (QED) is 0.855. The van der Waals surface area contributed by atoms with Crippen molar-refractivity contribution in [1.29, 1.82) is 0 Å². The molecule has 0 spiro atoms. The lowest BCUT2D eigenvalue weighted by Crippen LogP contribution is -2.40. The predicted molar refractivity (Wildman–Crippen MR) is 82.8 cm³/mol. The van der Waals surface area contributed by atoms with E-state index in [9.17, 15) is 0 Å². The van der Waals surface area contributed by atoms with Gasteiger partial charge in [0.25, 0.3) is 0 Å². The van der Waals surface area contributed by atoms with Crippen molar-refractivity contribution in [2.45, 2.75) is 30.7 Å². The molecule has 0 saturated carbocycles. The molecule has 0 amide bonds. The molecule has 1 saturated heterocycles. The van der Waals surface area contributed by atoms with E-state index in [0.717, 1.165) is 12.5 Å². The van der Waals surface area contributed by atoms with Crippen LogP contribution in [0.1, 0.15) is 24.0 Å². The van der Waals surface area contributed by atoms with Gasteiger partial charge >= 0.3 is 0 Å². The van der Waals surface area contributed by atoms with Crippen molar-refractivity contribution in [3.63, 3.8) is 0 Å². The summed E-state index contributed by atoms with van der Waals surface area (Å²) in [4.78, 5) is 4.06. The molecule has 3 rings (SSSR count). The first-order valence-electron chi connectivity index (χ1n) is 7.44. The van der Waals surface area contributed by atoms with E-state index >= 15 is 0 Å². The van der Waals surface area contributed by atoms with Crippen molar-refractivity contribution in [3.8, 4) is 0 Å². The molecular weight excluding hydrogens is 252 g/mol. The molecular formula is C16H24N2S. The summed E-state index contributed by atoms with van der Waals surface area (Å²) in [6.07, 6.45) is 6.14. The Morgan fingerprint density at radius 2 is 2.32 bits per heavy atom. The van der Waals surface area contributed by atoms with Crippen LogP contribution in [-0.2, 0) is 13.0 Å². The van der Waals surface area contributed by atoms with Crippen LogP contribution in [0.3, 0.4) is 0 Å². The molecule has 1 N–H and O–H groups in total. The second-order valence-corrected chi connectivity index (χ2v) is 6.71. The molecule has 2 aliphatic rings. The van der Waals surface area contributed by atoms with Crippen LogP contribution >= 0.6 is 11.8 Å². The molecule has 0 aromatic heterocycles. The summed E-state index contributed by atoms with van der Waals surface area (Å²) in [5, 5.41) is 3.53. The molecule has 0 aliphatic carbocycles. The first-order chi connectivity index (χ1) is 9.35. The van der Waals surface area contributed by atoms with Crippen molar-refractivity contribution in [3.05, 3.63) is 29.3 Å². The van der Waals surface area contributed by atoms with E-state index in [4.69, 9.17) is 0 Å². The summed E-state index contributed by atoms with van der Waals surface area (Å²) in [5.41, 5.74) is 3.12. The molecule has 2 nitrogen and oxygen atoms in total. The molecule has 0 unspecified atom stereocenters. The summed E-state index contributed by atoms with van der Waals surface area (Å²) < 4.78 is 0. The summed E-state index contributed by atoms with van der Waals surface area (Å²) >= 11 is 1.85. The smallest absolute Gasteiger partial charge is 0.0236 e. The first kappa shape index (κ1) is 13.5. The van der Waals surface area contributed by atoms with E-state index in [0.29, 0.717) is 0 Å². The second-order valence-electron chi connectivity index (χ2n) is 5.83. The molecule has 2 aliphatic heterocycles. The van der Waals surface area contributed by atoms with E-state index in [1.165, 1.54) is 50.3 Å². The Morgan fingerprint density at radius 1 is 1.37 bits per heavy atom. The van der Waals surface area contributed by atoms with Crippen LogP contribution in [0.15, 0.2) is 23.1 Å². The van der Waals surface area contributed by atoms with Gasteiger partial charge in [-0.15, -0.1) is 11.8 Å². The topological polar surface area (TPSA) is 15.3 Å². The Hall–Kier alpha value is -0.510.